The maximum Gasteiger partial charge on any atom is 0.250 e. The predicted molar refractivity (Wildman–Crippen MR) is 100 cm³/mol. The average Bonchev–Trinajstić information content (AvgIpc) is 3.17. The van der Waals surface area contributed by atoms with Gasteiger partial charge in [-0.25, -0.2) is 13.1 Å². The SMILES string of the molecule is O=S(=O)(N[C@H]1C[C@@H]1c1ccccc1)c1ccc(-c2ccc(Cl)cn2)s1. The molecule has 3 aromatic rings. The second-order valence-corrected chi connectivity index (χ2v) is 9.42. The van der Waals surface area contributed by atoms with E-state index < -0.39 is 10.0 Å². The summed E-state index contributed by atoms with van der Waals surface area (Å²) in [6, 6.07) is 16.9. The van der Waals surface area contributed by atoms with E-state index in [1.165, 1.54) is 16.9 Å². The lowest BCUT2D eigenvalue weighted by Gasteiger charge is -2.04. The summed E-state index contributed by atoms with van der Waals surface area (Å²) in [5.41, 5.74) is 1.89. The first-order valence-electron chi connectivity index (χ1n) is 7.82. The summed E-state index contributed by atoms with van der Waals surface area (Å²) in [6.07, 6.45) is 2.39. The third kappa shape index (κ3) is 3.62. The van der Waals surface area contributed by atoms with Gasteiger partial charge in [0.2, 0.25) is 10.0 Å². The van der Waals surface area contributed by atoms with Gasteiger partial charge in [0.25, 0.3) is 0 Å². The molecule has 0 unspecified atom stereocenters. The van der Waals surface area contributed by atoms with Gasteiger partial charge in [0.1, 0.15) is 4.21 Å². The van der Waals surface area contributed by atoms with Gasteiger partial charge in [-0.2, -0.15) is 0 Å². The molecule has 4 rings (SSSR count). The highest BCUT2D eigenvalue weighted by atomic mass is 35.5. The Morgan fingerprint density at radius 1 is 1.08 bits per heavy atom. The van der Waals surface area contributed by atoms with Crippen LogP contribution in [0.25, 0.3) is 10.6 Å². The minimum Gasteiger partial charge on any atom is -0.254 e. The molecule has 1 fully saturated rings. The predicted octanol–water partition coefficient (Wildman–Crippen LogP) is 4.30. The summed E-state index contributed by atoms with van der Waals surface area (Å²) in [6.45, 7) is 0. The number of benzene rings is 1. The van der Waals surface area contributed by atoms with Crippen molar-refractivity contribution in [2.75, 3.05) is 0 Å². The fraction of sp³-hybridized carbons (Fsp3) is 0.167. The molecular weight excluding hydrogens is 376 g/mol. The smallest absolute Gasteiger partial charge is 0.250 e. The summed E-state index contributed by atoms with van der Waals surface area (Å²) in [4.78, 5) is 5.03. The van der Waals surface area contributed by atoms with Crippen LogP contribution in [0.3, 0.4) is 0 Å². The van der Waals surface area contributed by atoms with E-state index in [-0.39, 0.29) is 12.0 Å². The molecule has 0 bridgehead atoms. The highest BCUT2D eigenvalue weighted by molar-refractivity contribution is 7.91. The normalized spacial score (nSPS) is 19.7. The Labute approximate surface area is 155 Å². The molecule has 1 N–H and O–H groups in total. The minimum atomic E-state index is -3.52. The first-order chi connectivity index (χ1) is 12.0. The third-order valence-electron chi connectivity index (χ3n) is 4.15. The lowest BCUT2D eigenvalue weighted by molar-refractivity contribution is 0.582. The van der Waals surface area contributed by atoms with Crippen LogP contribution in [-0.4, -0.2) is 19.4 Å². The molecule has 4 nitrogen and oxygen atoms in total. The number of hydrogen-bond acceptors (Lipinski definition) is 4. The highest BCUT2D eigenvalue weighted by Gasteiger charge is 2.41. The van der Waals surface area contributed by atoms with Gasteiger partial charge in [0.15, 0.2) is 0 Å². The number of thiophene rings is 1. The highest BCUT2D eigenvalue weighted by Crippen LogP contribution is 2.42. The first-order valence-corrected chi connectivity index (χ1v) is 10.5. The number of nitrogens with one attached hydrogen (secondary N) is 1. The molecule has 1 aliphatic carbocycles. The van der Waals surface area contributed by atoms with E-state index in [9.17, 15) is 8.42 Å². The van der Waals surface area contributed by atoms with Gasteiger partial charge in [0.05, 0.1) is 15.6 Å². The van der Waals surface area contributed by atoms with Crippen LogP contribution in [0, 0.1) is 0 Å². The van der Waals surface area contributed by atoms with Gasteiger partial charge >= 0.3 is 0 Å². The molecule has 2 heterocycles. The number of nitrogens with zero attached hydrogens (tertiary/aromatic N) is 1. The maximum atomic E-state index is 12.6. The minimum absolute atomic E-state index is 0.0355. The van der Waals surface area contributed by atoms with Crippen LogP contribution >= 0.6 is 22.9 Å². The molecule has 0 saturated heterocycles. The van der Waals surface area contributed by atoms with Crippen molar-refractivity contribution in [1.29, 1.82) is 0 Å². The molecule has 2 aromatic heterocycles. The quantitative estimate of drug-likeness (QED) is 0.706. The van der Waals surface area contributed by atoms with Crippen molar-refractivity contribution in [1.82, 2.24) is 9.71 Å². The molecule has 0 radical (unpaired) electrons. The number of pyridine rings is 1. The van der Waals surface area contributed by atoms with Crippen molar-refractivity contribution in [2.24, 2.45) is 0 Å². The molecule has 1 aromatic carbocycles. The van der Waals surface area contributed by atoms with Gasteiger partial charge in [-0.1, -0.05) is 41.9 Å². The molecule has 0 amide bonds. The summed E-state index contributed by atoms with van der Waals surface area (Å²) in [5.74, 6) is 0.258. The molecule has 128 valence electrons. The topological polar surface area (TPSA) is 59.1 Å². The zero-order valence-electron chi connectivity index (χ0n) is 13.1. The largest absolute Gasteiger partial charge is 0.254 e. The van der Waals surface area contributed by atoms with E-state index in [0.29, 0.717) is 14.9 Å². The van der Waals surface area contributed by atoms with E-state index in [4.69, 9.17) is 11.6 Å². The zero-order chi connectivity index (χ0) is 17.4. The standard InChI is InChI=1S/C18H15ClN2O2S2/c19-13-6-7-15(20-11-13)17-8-9-18(24-17)25(22,23)21-16-10-14(16)12-4-2-1-3-5-12/h1-9,11,14,16,21H,10H2/t14-,16+/m1/s1. The Kier molecular flexibility index (Phi) is 4.37. The second-order valence-electron chi connectivity index (χ2n) is 5.96. The van der Waals surface area contributed by atoms with Crippen molar-refractivity contribution in [2.45, 2.75) is 22.6 Å². The Morgan fingerprint density at radius 3 is 2.60 bits per heavy atom. The van der Waals surface area contributed by atoms with Crippen LogP contribution in [0.2, 0.25) is 5.02 Å². The Balaban J connectivity index is 1.49. The van der Waals surface area contributed by atoms with Crippen LogP contribution < -0.4 is 4.72 Å². The maximum absolute atomic E-state index is 12.6. The molecule has 0 spiro atoms. The van der Waals surface area contributed by atoms with E-state index in [1.807, 2.05) is 30.3 Å². The van der Waals surface area contributed by atoms with Crippen molar-refractivity contribution in [3.8, 4) is 10.6 Å². The molecule has 1 aliphatic rings. The van der Waals surface area contributed by atoms with Gasteiger partial charge in [-0.05, 0) is 36.2 Å². The van der Waals surface area contributed by atoms with Crippen LogP contribution in [0.1, 0.15) is 17.9 Å². The van der Waals surface area contributed by atoms with Gasteiger partial charge in [-0.15, -0.1) is 11.3 Å². The Bertz CT molecular complexity index is 985. The Hall–Kier alpha value is -1.73. The van der Waals surface area contributed by atoms with Crippen molar-refractivity contribution in [3.63, 3.8) is 0 Å². The van der Waals surface area contributed by atoms with Crippen molar-refractivity contribution in [3.05, 3.63) is 71.4 Å². The summed E-state index contributed by atoms with van der Waals surface area (Å²) >= 11 is 7.05. The van der Waals surface area contributed by atoms with Crippen LogP contribution in [0.5, 0.6) is 0 Å². The molecule has 0 aliphatic heterocycles. The number of halogens is 1. The monoisotopic (exact) mass is 390 g/mol. The molecule has 7 heteroatoms. The summed E-state index contributed by atoms with van der Waals surface area (Å²) < 4.78 is 28.3. The fourth-order valence-electron chi connectivity index (χ4n) is 2.78. The summed E-state index contributed by atoms with van der Waals surface area (Å²) in [7, 11) is -3.52. The number of rotatable bonds is 5. The summed E-state index contributed by atoms with van der Waals surface area (Å²) in [5, 5.41) is 0.551. The van der Waals surface area contributed by atoms with E-state index in [1.54, 1.807) is 30.5 Å². The number of sulfonamides is 1. The van der Waals surface area contributed by atoms with E-state index >= 15 is 0 Å². The first kappa shape index (κ1) is 16.7. The molecular formula is C18H15ClN2O2S2. The Morgan fingerprint density at radius 2 is 1.88 bits per heavy atom. The zero-order valence-corrected chi connectivity index (χ0v) is 15.5. The van der Waals surface area contributed by atoms with Crippen molar-refractivity contribution >= 4 is 33.0 Å². The van der Waals surface area contributed by atoms with E-state index in [0.717, 1.165) is 11.3 Å². The molecule has 2 atom stereocenters. The molecule has 25 heavy (non-hydrogen) atoms. The molecule has 1 saturated carbocycles. The van der Waals surface area contributed by atoms with Crippen LogP contribution in [0.15, 0.2) is 65.0 Å². The lowest BCUT2D eigenvalue weighted by atomic mass is 10.1. The van der Waals surface area contributed by atoms with Gasteiger partial charge in [-0.3, -0.25) is 4.98 Å². The lowest BCUT2D eigenvalue weighted by Crippen LogP contribution is -2.26. The number of hydrogen-bond donors (Lipinski definition) is 1. The third-order valence-corrected chi connectivity index (χ3v) is 7.46. The van der Waals surface area contributed by atoms with Crippen LogP contribution in [0.4, 0.5) is 0 Å². The fourth-order valence-corrected chi connectivity index (χ4v) is 5.48. The number of aromatic nitrogens is 1. The van der Waals surface area contributed by atoms with Crippen molar-refractivity contribution < 1.29 is 8.42 Å². The second kappa shape index (κ2) is 6.53. The van der Waals surface area contributed by atoms with Gasteiger partial charge in [0, 0.05) is 18.2 Å². The van der Waals surface area contributed by atoms with Crippen LogP contribution in [-0.2, 0) is 10.0 Å². The average molecular weight is 391 g/mol. The van der Waals surface area contributed by atoms with Gasteiger partial charge < -0.3 is 0 Å². The van der Waals surface area contributed by atoms with E-state index in [2.05, 4.69) is 9.71 Å².